The molecule has 3 heteroatoms. The van der Waals surface area contributed by atoms with Crippen LogP contribution in [0.25, 0.3) is 66.1 Å². The van der Waals surface area contributed by atoms with Crippen LogP contribution in [0.3, 0.4) is 0 Å². The minimum Gasteiger partial charge on any atom is -0.309 e. The summed E-state index contributed by atoms with van der Waals surface area (Å²) < 4.78 is 5.08. The maximum atomic E-state index is 2.64. The van der Waals surface area contributed by atoms with Crippen LogP contribution >= 0.6 is 0 Å². The Hall–Kier alpha value is -7.20. The van der Waals surface area contributed by atoms with Gasteiger partial charge in [-0.05, 0) is 56.6 Å². The predicted octanol–water partition coefficient (Wildman–Crippen LogP) is 10.9. The van der Waals surface area contributed by atoms with Crippen LogP contribution in [0.15, 0.2) is 231 Å². The number of nitrogens with zero attached hydrogens (tertiary/aromatic N) is 2. The van der Waals surface area contributed by atoms with Crippen LogP contribution in [-0.2, 0) is 0 Å². The zero-order valence-corrected chi connectivity index (χ0v) is 32.3. The summed E-state index contributed by atoms with van der Waals surface area (Å²) in [5, 5.41) is 10.4. The molecule has 11 rings (SSSR count). The van der Waals surface area contributed by atoms with Crippen molar-refractivity contribution in [3.05, 3.63) is 231 Å². The van der Waals surface area contributed by atoms with E-state index in [9.17, 15) is 0 Å². The van der Waals surface area contributed by atoms with E-state index in [0.29, 0.717) is 0 Å². The normalized spacial score (nSPS) is 11.9. The Balaban J connectivity index is 1.40. The van der Waals surface area contributed by atoms with Crippen molar-refractivity contribution in [1.29, 1.82) is 0 Å². The van der Waals surface area contributed by atoms with Crippen LogP contribution < -0.4 is 20.7 Å². The number of benzene rings is 9. The summed E-state index contributed by atoms with van der Waals surface area (Å²) in [7, 11) is -2.98. The fourth-order valence-corrected chi connectivity index (χ4v) is 14.5. The van der Waals surface area contributed by atoms with Gasteiger partial charge < -0.3 is 9.13 Å². The van der Waals surface area contributed by atoms with Crippen molar-refractivity contribution in [2.45, 2.75) is 0 Å². The average molecular weight is 743 g/mol. The quantitative estimate of drug-likeness (QED) is 0.114. The Morgan fingerprint density at radius 2 is 0.789 bits per heavy atom. The standard InChI is InChI=1S/C54H38N2Si/c1-6-21-39(22-7-1)44-37-38-50-52(47-32-17-19-35-49(47)55(50)40-23-8-2-9-24-40)54(44)56-48-34-18-16-31-45(48)46-33-20-36-51(53(46)56)57(41-25-10-3-11-26-41,42-27-12-4-13-28-42)43-29-14-5-15-30-43/h1-38H. The number of rotatable bonds is 7. The lowest BCUT2D eigenvalue weighted by molar-refractivity contribution is 1.17. The van der Waals surface area contributed by atoms with Gasteiger partial charge in [-0.25, -0.2) is 0 Å². The highest BCUT2D eigenvalue weighted by molar-refractivity contribution is 7.20. The van der Waals surface area contributed by atoms with Crippen LogP contribution in [0.5, 0.6) is 0 Å². The summed E-state index contributed by atoms with van der Waals surface area (Å²) in [6.45, 7) is 0. The molecule has 0 aliphatic rings. The van der Waals surface area contributed by atoms with Crippen LogP contribution in [0.1, 0.15) is 0 Å². The molecule has 0 radical (unpaired) electrons. The first-order valence-electron chi connectivity index (χ1n) is 19.7. The van der Waals surface area contributed by atoms with E-state index in [-0.39, 0.29) is 0 Å². The molecule has 0 saturated heterocycles. The summed E-state index contributed by atoms with van der Waals surface area (Å²) in [5.41, 5.74) is 9.54. The molecule has 0 amide bonds. The number of aromatic nitrogens is 2. The van der Waals surface area contributed by atoms with Gasteiger partial charge in [-0.2, -0.15) is 0 Å². The van der Waals surface area contributed by atoms with Crippen LogP contribution in [0, 0.1) is 0 Å². The Morgan fingerprint density at radius 1 is 0.316 bits per heavy atom. The minimum atomic E-state index is -2.98. The summed E-state index contributed by atoms with van der Waals surface area (Å²) in [4.78, 5) is 0. The topological polar surface area (TPSA) is 9.86 Å². The van der Waals surface area contributed by atoms with Crippen molar-refractivity contribution >= 4 is 72.4 Å². The molecule has 0 spiro atoms. The van der Waals surface area contributed by atoms with Gasteiger partial charge in [0.05, 0.1) is 27.8 Å². The summed E-state index contributed by atoms with van der Waals surface area (Å²) in [6.07, 6.45) is 0. The SMILES string of the molecule is c1ccc(-c2ccc3c(c2-n2c4ccccc4c4cccc([Si](c5ccccc5)(c5ccccc5)c5ccccc5)c42)c2ccccc2n3-c2ccccc2)cc1. The summed E-state index contributed by atoms with van der Waals surface area (Å²) in [6, 6.07) is 85.3. The third-order valence-corrected chi connectivity index (χ3v) is 16.7. The van der Waals surface area contributed by atoms with Crippen molar-refractivity contribution in [3.8, 4) is 22.5 Å². The second-order valence-electron chi connectivity index (χ2n) is 14.8. The van der Waals surface area contributed by atoms with Gasteiger partial charge in [0.1, 0.15) is 0 Å². The first-order chi connectivity index (χ1) is 28.3. The van der Waals surface area contributed by atoms with E-state index < -0.39 is 8.07 Å². The maximum Gasteiger partial charge on any atom is 0.181 e. The molecule has 11 aromatic rings. The summed E-state index contributed by atoms with van der Waals surface area (Å²) in [5.74, 6) is 0. The Kier molecular flexibility index (Phi) is 7.87. The molecule has 0 saturated carbocycles. The third kappa shape index (κ3) is 5.03. The van der Waals surface area contributed by atoms with Gasteiger partial charge in [-0.3, -0.25) is 0 Å². The van der Waals surface area contributed by atoms with Crippen LogP contribution in [0.2, 0.25) is 0 Å². The molecule has 0 unspecified atom stereocenters. The second-order valence-corrected chi connectivity index (χ2v) is 18.6. The molecule has 2 aromatic heterocycles. The van der Waals surface area contributed by atoms with Crippen molar-refractivity contribution in [2.75, 3.05) is 0 Å². The molecule has 0 aliphatic carbocycles. The largest absolute Gasteiger partial charge is 0.309 e. The van der Waals surface area contributed by atoms with Crippen molar-refractivity contribution in [2.24, 2.45) is 0 Å². The average Bonchev–Trinajstić information content (AvgIpc) is 3.82. The lowest BCUT2D eigenvalue weighted by Gasteiger charge is -2.35. The number of fused-ring (bicyclic) bond motifs is 6. The lowest BCUT2D eigenvalue weighted by Crippen LogP contribution is -2.75. The van der Waals surface area contributed by atoms with Gasteiger partial charge in [0.25, 0.3) is 0 Å². The Morgan fingerprint density at radius 3 is 1.39 bits per heavy atom. The summed E-state index contributed by atoms with van der Waals surface area (Å²) >= 11 is 0. The smallest absolute Gasteiger partial charge is 0.181 e. The number of hydrogen-bond donors (Lipinski definition) is 0. The molecule has 0 fully saturated rings. The molecule has 2 nitrogen and oxygen atoms in total. The number of hydrogen-bond acceptors (Lipinski definition) is 0. The van der Waals surface area contributed by atoms with E-state index in [1.54, 1.807) is 0 Å². The highest BCUT2D eigenvalue weighted by atomic mass is 28.3. The maximum absolute atomic E-state index is 2.98. The monoisotopic (exact) mass is 742 g/mol. The molecule has 2 heterocycles. The van der Waals surface area contributed by atoms with E-state index in [0.717, 1.165) is 5.69 Å². The Labute approximate surface area is 333 Å². The van der Waals surface area contributed by atoms with Crippen LogP contribution in [0.4, 0.5) is 0 Å². The molecular weight excluding hydrogens is 705 g/mol. The van der Waals surface area contributed by atoms with Gasteiger partial charge in [0.2, 0.25) is 0 Å². The van der Waals surface area contributed by atoms with Gasteiger partial charge in [0, 0.05) is 32.8 Å². The fraction of sp³-hybridized carbons (Fsp3) is 0. The van der Waals surface area contributed by atoms with Crippen molar-refractivity contribution in [3.63, 3.8) is 0 Å². The van der Waals surface area contributed by atoms with E-state index in [4.69, 9.17) is 0 Å². The highest BCUT2D eigenvalue weighted by Gasteiger charge is 2.43. The van der Waals surface area contributed by atoms with Crippen LogP contribution in [-0.4, -0.2) is 17.2 Å². The lowest BCUT2D eigenvalue weighted by atomic mass is 9.99. The molecule has 9 aromatic carbocycles. The molecule has 57 heavy (non-hydrogen) atoms. The third-order valence-electron chi connectivity index (χ3n) is 11.9. The fourth-order valence-electron chi connectivity index (χ4n) is 9.56. The first-order valence-corrected chi connectivity index (χ1v) is 21.7. The van der Waals surface area contributed by atoms with E-state index in [1.165, 1.54) is 81.2 Å². The van der Waals surface area contributed by atoms with Crippen molar-refractivity contribution in [1.82, 2.24) is 9.13 Å². The Bertz CT molecular complexity index is 3110. The second kappa shape index (κ2) is 13.5. The first kappa shape index (κ1) is 33.2. The molecule has 268 valence electrons. The highest BCUT2D eigenvalue weighted by Crippen LogP contribution is 2.44. The van der Waals surface area contributed by atoms with Crippen molar-refractivity contribution < 1.29 is 0 Å². The molecule has 0 atom stereocenters. The van der Waals surface area contributed by atoms with E-state index in [2.05, 4.69) is 240 Å². The van der Waals surface area contributed by atoms with Gasteiger partial charge >= 0.3 is 0 Å². The minimum absolute atomic E-state index is 1.15. The zero-order valence-electron chi connectivity index (χ0n) is 31.3. The van der Waals surface area contributed by atoms with Gasteiger partial charge in [-0.1, -0.05) is 200 Å². The predicted molar refractivity (Wildman–Crippen MR) is 244 cm³/mol. The molecule has 0 aliphatic heterocycles. The zero-order chi connectivity index (χ0) is 37.8. The number of para-hydroxylation sites is 4. The molecule has 0 bridgehead atoms. The van der Waals surface area contributed by atoms with Gasteiger partial charge in [0.15, 0.2) is 8.07 Å². The van der Waals surface area contributed by atoms with Gasteiger partial charge in [-0.15, -0.1) is 0 Å². The van der Waals surface area contributed by atoms with E-state index >= 15 is 0 Å². The van der Waals surface area contributed by atoms with E-state index in [1.807, 2.05) is 0 Å². The molecule has 0 N–H and O–H groups in total. The molecular formula is C54H38N2Si.